The molecule has 0 aliphatic heterocycles. The van der Waals surface area contributed by atoms with Crippen molar-refractivity contribution < 1.29 is 9.59 Å². The van der Waals surface area contributed by atoms with E-state index < -0.39 is 0 Å². The molecule has 6 nitrogen and oxygen atoms in total. The Balaban J connectivity index is 2.05. The predicted molar refractivity (Wildman–Crippen MR) is 70.2 cm³/mol. The number of aldehydes is 1. The molecule has 0 radical (unpaired) electrons. The van der Waals surface area contributed by atoms with Gasteiger partial charge in [0, 0.05) is 10.7 Å². The zero-order valence-electron chi connectivity index (χ0n) is 10.1. The highest BCUT2D eigenvalue weighted by molar-refractivity contribution is 6.31. The third kappa shape index (κ3) is 3.17. The predicted octanol–water partition coefficient (Wildman–Crippen LogP) is 1.69. The van der Waals surface area contributed by atoms with Gasteiger partial charge >= 0.3 is 0 Å². The fourth-order valence-electron chi connectivity index (χ4n) is 1.52. The molecule has 1 aromatic heterocycles. The van der Waals surface area contributed by atoms with Crippen LogP contribution < -0.4 is 5.32 Å². The highest BCUT2D eigenvalue weighted by Crippen LogP contribution is 2.22. The lowest BCUT2D eigenvalue weighted by Crippen LogP contribution is -2.19. The first-order valence-corrected chi connectivity index (χ1v) is 5.88. The molecular weight excluding hydrogens is 268 g/mol. The summed E-state index contributed by atoms with van der Waals surface area (Å²) in [6.07, 6.45) is 1.97. The van der Waals surface area contributed by atoms with E-state index in [4.69, 9.17) is 11.6 Å². The maximum atomic E-state index is 11.8. The Hall–Kier alpha value is -2.21. The van der Waals surface area contributed by atoms with Crippen molar-refractivity contribution in [2.75, 3.05) is 5.32 Å². The molecule has 1 amide bonds. The molecule has 98 valence electrons. The largest absolute Gasteiger partial charge is 0.324 e. The fraction of sp³-hybridized carbons (Fsp3) is 0.167. The molecule has 2 aromatic rings. The van der Waals surface area contributed by atoms with E-state index in [9.17, 15) is 9.59 Å². The molecule has 0 aliphatic rings. The average Bonchev–Trinajstić information content (AvgIpc) is 2.82. The van der Waals surface area contributed by atoms with E-state index in [1.807, 2.05) is 6.92 Å². The third-order valence-electron chi connectivity index (χ3n) is 2.52. The number of carbonyl (C=O) groups excluding carboxylic acids is 2. The molecule has 0 bridgehead atoms. The SMILES string of the molecule is Cc1c(Cl)cccc1NC(=O)Cn1cc(C=O)nn1. The van der Waals surface area contributed by atoms with E-state index in [-0.39, 0.29) is 18.1 Å². The van der Waals surface area contributed by atoms with Gasteiger partial charge in [0.25, 0.3) is 0 Å². The summed E-state index contributed by atoms with van der Waals surface area (Å²) in [6.45, 7) is 1.80. The summed E-state index contributed by atoms with van der Waals surface area (Å²) >= 11 is 5.96. The van der Waals surface area contributed by atoms with E-state index in [0.29, 0.717) is 17.0 Å². The number of benzene rings is 1. The summed E-state index contributed by atoms with van der Waals surface area (Å²) in [4.78, 5) is 22.3. The number of anilines is 1. The Morgan fingerprint density at radius 3 is 3.00 bits per heavy atom. The minimum atomic E-state index is -0.271. The van der Waals surface area contributed by atoms with Crippen LogP contribution >= 0.6 is 11.6 Å². The lowest BCUT2D eigenvalue weighted by molar-refractivity contribution is -0.116. The zero-order valence-corrected chi connectivity index (χ0v) is 10.9. The van der Waals surface area contributed by atoms with Crippen molar-refractivity contribution in [1.29, 1.82) is 0 Å². The molecule has 0 aliphatic carbocycles. The second kappa shape index (κ2) is 5.62. The molecule has 19 heavy (non-hydrogen) atoms. The van der Waals surface area contributed by atoms with Crippen LogP contribution in [0.1, 0.15) is 16.1 Å². The van der Waals surface area contributed by atoms with Gasteiger partial charge in [0.2, 0.25) is 5.91 Å². The number of rotatable bonds is 4. The van der Waals surface area contributed by atoms with Gasteiger partial charge in [-0.1, -0.05) is 22.9 Å². The van der Waals surface area contributed by atoms with E-state index in [0.717, 1.165) is 5.56 Å². The second-order valence-corrected chi connectivity index (χ2v) is 4.33. The van der Waals surface area contributed by atoms with Crippen LogP contribution in [-0.4, -0.2) is 27.2 Å². The normalized spacial score (nSPS) is 10.2. The van der Waals surface area contributed by atoms with Crippen molar-refractivity contribution in [3.8, 4) is 0 Å². The minimum absolute atomic E-state index is 0.0210. The number of nitrogens with one attached hydrogen (secondary N) is 1. The molecular formula is C12H11ClN4O2. The Morgan fingerprint density at radius 2 is 2.32 bits per heavy atom. The second-order valence-electron chi connectivity index (χ2n) is 3.92. The summed E-state index contributed by atoms with van der Waals surface area (Å²) in [5.74, 6) is -0.271. The van der Waals surface area contributed by atoms with E-state index in [2.05, 4.69) is 15.6 Å². The topological polar surface area (TPSA) is 76.9 Å². The average molecular weight is 279 g/mol. The van der Waals surface area contributed by atoms with Crippen LogP contribution in [0, 0.1) is 6.92 Å². The maximum absolute atomic E-state index is 11.8. The first-order valence-electron chi connectivity index (χ1n) is 5.50. The van der Waals surface area contributed by atoms with E-state index in [1.165, 1.54) is 10.9 Å². The van der Waals surface area contributed by atoms with Crippen LogP contribution in [0.4, 0.5) is 5.69 Å². The molecule has 0 saturated heterocycles. The van der Waals surface area contributed by atoms with Gasteiger partial charge < -0.3 is 5.32 Å². The first-order chi connectivity index (χ1) is 9.10. The number of nitrogens with zero attached hydrogens (tertiary/aromatic N) is 3. The van der Waals surface area contributed by atoms with Crippen molar-refractivity contribution in [3.05, 3.63) is 40.7 Å². The minimum Gasteiger partial charge on any atom is -0.324 e. The number of hydrogen-bond donors (Lipinski definition) is 1. The Labute approximate surface area is 114 Å². The lowest BCUT2D eigenvalue weighted by Gasteiger charge is -2.09. The van der Waals surface area contributed by atoms with Gasteiger partial charge in [0.15, 0.2) is 6.29 Å². The monoisotopic (exact) mass is 278 g/mol. The van der Waals surface area contributed by atoms with Crippen molar-refractivity contribution in [3.63, 3.8) is 0 Å². The maximum Gasteiger partial charge on any atom is 0.246 e. The van der Waals surface area contributed by atoms with Crippen molar-refractivity contribution >= 4 is 29.5 Å². The van der Waals surface area contributed by atoms with Gasteiger partial charge in [0.05, 0.1) is 6.20 Å². The molecule has 2 rings (SSSR count). The molecule has 7 heteroatoms. The summed E-state index contributed by atoms with van der Waals surface area (Å²) < 4.78 is 1.29. The van der Waals surface area contributed by atoms with Gasteiger partial charge in [-0.25, -0.2) is 4.68 Å². The molecule has 0 atom stereocenters. The number of aromatic nitrogens is 3. The van der Waals surface area contributed by atoms with Gasteiger partial charge in [-0.15, -0.1) is 5.10 Å². The van der Waals surface area contributed by atoms with Crippen LogP contribution in [0.2, 0.25) is 5.02 Å². The molecule has 0 spiro atoms. The Kier molecular flexibility index (Phi) is 3.91. The van der Waals surface area contributed by atoms with Gasteiger partial charge in [-0.3, -0.25) is 9.59 Å². The van der Waals surface area contributed by atoms with Crippen molar-refractivity contribution in [1.82, 2.24) is 15.0 Å². The molecule has 1 aromatic carbocycles. The molecule has 0 unspecified atom stereocenters. The lowest BCUT2D eigenvalue weighted by atomic mass is 10.2. The fourth-order valence-corrected chi connectivity index (χ4v) is 1.70. The van der Waals surface area contributed by atoms with Gasteiger partial charge in [-0.05, 0) is 24.6 Å². The number of halogens is 1. The van der Waals surface area contributed by atoms with Crippen LogP contribution in [0.3, 0.4) is 0 Å². The Morgan fingerprint density at radius 1 is 1.53 bits per heavy atom. The number of amides is 1. The van der Waals surface area contributed by atoms with Crippen LogP contribution in [-0.2, 0) is 11.3 Å². The van der Waals surface area contributed by atoms with Crippen molar-refractivity contribution in [2.45, 2.75) is 13.5 Å². The summed E-state index contributed by atoms with van der Waals surface area (Å²) in [5.41, 5.74) is 1.63. The zero-order chi connectivity index (χ0) is 13.8. The van der Waals surface area contributed by atoms with Crippen LogP contribution in [0.5, 0.6) is 0 Å². The van der Waals surface area contributed by atoms with Gasteiger partial charge in [-0.2, -0.15) is 0 Å². The molecule has 0 saturated carbocycles. The van der Waals surface area contributed by atoms with Crippen molar-refractivity contribution in [2.24, 2.45) is 0 Å². The van der Waals surface area contributed by atoms with E-state index in [1.54, 1.807) is 18.2 Å². The highest BCUT2D eigenvalue weighted by atomic mass is 35.5. The van der Waals surface area contributed by atoms with E-state index >= 15 is 0 Å². The van der Waals surface area contributed by atoms with Crippen LogP contribution in [0.15, 0.2) is 24.4 Å². The highest BCUT2D eigenvalue weighted by Gasteiger charge is 2.08. The third-order valence-corrected chi connectivity index (χ3v) is 2.93. The smallest absolute Gasteiger partial charge is 0.246 e. The number of carbonyl (C=O) groups is 2. The number of hydrogen-bond acceptors (Lipinski definition) is 4. The Bertz CT molecular complexity index is 624. The summed E-state index contributed by atoms with van der Waals surface area (Å²) in [5, 5.41) is 10.5. The summed E-state index contributed by atoms with van der Waals surface area (Å²) in [6, 6.07) is 5.27. The molecule has 0 fully saturated rings. The molecule has 1 heterocycles. The first kappa shape index (κ1) is 13.2. The van der Waals surface area contributed by atoms with Crippen LogP contribution in [0.25, 0.3) is 0 Å². The quantitative estimate of drug-likeness (QED) is 0.864. The standard InChI is InChI=1S/C12H11ClN4O2/c1-8-10(13)3-2-4-11(8)14-12(19)6-17-5-9(7-18)15-16-17/h2-5,7H,6H2,1H3,(H,14,19). The molecule has 1 N–H and O–H groups in total. The van der Waals surface area contributed by atoms with Gasteiger partial charge in [0.1, 0.15) is 12.2 Å². The summed E-state index contributed by atoms with van der Waals surface area (Å²) in [7, 11) is 0.